The molecule has 0 fully saturated rings. The van der Waals surface area contributed by atoms with Crippen LogP contribution in [-0.4, -0.2) is 13.4 Å². The van der Waals surface area contributed by atoms with E-state index in [0.717, 1.165) is 24.0 Å². The molecule has 0 radical (unpaired) electrons. The first-order valence-electron chi connectivity index (χ1n) is 6.07. The van der Waals surface area contributed by atoms with Crippen LogP contribution < -0.4 is 4.74 Å². The Bertz CT molecular complexity index is 388. The Morgan fingerprint density at radius 3 is 2.41 bits per heavy atom. The third-order valence-electron chi connectivity index (χ3n) is 3.10. The fourth-order valence-electron chi connectivity index (χ4n) is 1.88. The molecule has 0 saturated carbocycles. The fourth-order valence-corrected chi connectivity index (χ4v) is 1.88. The van der Waals surface area contributed by atoms with Crippen LogP contribution in [-0.2, 0) is 10.2 Å². The van der Waals surface area contributed by atoms with E-state index in [4.69, 9.17) is 4.74 Å². The van der Waals surface area contributed by atoms with Gasteiger partial charge in [0.25, 0.3) is 0 Å². The molecule has 1 rings (SSSR count). The molecule has 0 aliphatic heterocycles. The smallest absolute Gasteiger partial charge is 0.127 e. The van der Waals surface area contributed by atoms with Gasteiger partial charge in [0.2, 0.25) is 0 Å². The van der Waals surface area contributed by atoms with Crippen LogP contribution in [0.1, 0.15) is 51.2 Å². The van der Waals surface area contributed by atoms with Crippen molar-refractivity contribution in [3.8, 4) is 5.75 Å². The Hall–Kier alpha value is -1.31. The second-order valence-electron chi connectivity index (χ2n) is 5.36. The molecule has 0 aliphatic carbocycles. The molecule has 1 aromatic carbocycles. The number of benzene rings is 1. The average molecular weight is 234 g/mol. The van der Waals surface area contributed by atoms with Gasteiger partial charge in [0, 0.05) is 11.5 Å². The van der Waals surface area contributed by atoms with Crippen LogP contribution in [0, 0.1) is 0 Å². The van der Waals surface area contributed by atoms with Gasteiger partial charge in [-0.15, -0.1) is 0 Å². The topological polar surface area (TPSA) is 26.3 Å². The molecule has 1 aromatic rings. The van der Waals surface area contributed by atoms with Crippen molar-refractivity contribution in [2.75, 3.05) is 7.11 Å². The number of carbonyl (C=O) groups excluding carboxylic acids is 1. The number of carbonyl (C=O) groups is 1. The van der Waals surface area contributed by atoms with E-state index >= 15 is 0 Å². The maximum Gasteiger partial charge on any atom is 0.127 e. The molecule has 0 aliphatic rings. The summed E-state index contributed by atoms with van der Waals surface area (Å²) in [6.45, 7) is 8.52. The highest BCUT2D eigenvalue weighted by Gasteiger charge is 2.19. The maximum absolute atomic E-state index is 11.1. The van der Waals surface area contributed by atoms with Gasteiger partial charge in [0.05, 0.1) is 7.11 Å². The van der Waals surface area contributed by atoms with Gasteiger partial charge in [-0.1, -0.05) is 39.8 Å². The first-order chi connectivity index (χ1) is 7.93. The van der Waals surface area contributed by atoms with Gasteiger partial charge in [-0.05, 0) is 23.5 Å². The quantitative estimate of drug-likeness (QED) is 0.743. The lowest BCUT2D eigenvalue weighted by Crippen LogP contribution is -2.13. The van der Waals surface area contributed by atoms with E-state index in [0.29, 0.717) is 0 Å². The molecular formula is C15H22O2. The third-order valence-corrected chi connectivity index (χ3v) is 3.10. The van der Waals surface area contributed by atoms with Crippen LogP contribution in [0.15, 0.2) is 18.2 Å². The van der Waals surface area contributed by atoms with E-state index in [2.05, 4.69) is 32.9 Å². The van der Waals surface area contributed by atoms with Gasteiger partial charge in [0.1, 0.15) is 12.0 Å². The SMILES string of the molecule is CCC(C=O)c1cc(C(C)(C)C)ccc1OC. The lowest BCUT2D eigenvalue weighted by atomic mass is 9.84. The number of hydrogen-bond acceptors (Lipinski definition) is 2. The van der Waals surface area contributed by atoms with E-state index in [1.54, 1.807) is 7.11 Å². The second kappa shape index (κ2) is 5.35. The summed E-state index contributed by atoms with van der Waals surface area (Å²) in [7, 11) is 1.65. The average Bonchev–Trinajstić information content (AvgIpc) is 2.29. The fraction of sp³-hybridized carbons (Fsp3) is 0.533. The highest BCUT2D eigenvalue weighted by molar-refractivity contribution is 5.64. The molecule has 0 N–H and O–H groups in total. The summed E-state index contributed by atoms with van der Waals surface area (Å²) in [5, 5.41) is 0. The van der Waals surface area contributed by atoms with Crippen molar-refractivity contribution >= 4 is 6.29 Å². The minimum Gasteiger partial charge on any atom is -0.496 e. The Labute approximate surface area is 104 Å². The molecule has 1 unspecified atom stereocenters. The maximum atomic E-state index is 11.1. The molecule has 0 saturated heterocycles. The van der Waals surface area contributed by atoms with E-state index in [-0.39, 0.29) is 11.3 Å². The van der Waals surface area contributed by atoms with Crippen molar-refractivity contribution in [2.24, 2.45) is 0 Å². The summed E-state index contributed by atoms with van der Waals surface area (Å²) in [6.07, 6.45) is 1.80. The van der Waals surface area contributed by atoms with Gasteiger partial charge in [0.15, 0.2) is 0 Å². The van der Waals surface area contributed by atoms with Gasteiger partial charge in [-0.3, -0.25) is 0 Å². The number of hydrogen-bond donors (Lipinski definition) is 0. The number of methoxy groups -OCH3 is 1. The second-order valence-corrected chi connectivity index (χ2v) is 5.36. The molecule has 0 bridgehead atoms. The first kappa shape index (κ1) is 13.8. The molecule has 0 spiro atoms. The molecule has 0 amide bonds. The molecule has 94 valence electrons. The van der Waals surface area contributed by atoms with Gasteiger partial charge < -0.3 is 9.53 Å². The Morgan fingerprint density at radius 1 is 1.35 bits per heavy atom. The zero-order valence-corrected chi connectivity index (χ0v) is 11.4. The summed E-state index contributed by atoms with van der Waals surface area (Å²) < 4.78 is 5.34. The van der Waals surface area contributed by atoms with E-state index in [1.807, 2.05) is 13.0 Å². The Balaban J connectivity index is 3.28. The predicted octanol–water partition coefficient (Wildman–Crippen LogP) is 3.69. The Morgan fingerprint density at radius 2 is 2.00 bits per heavy atom. The molecular weight excluding hydrogens is 212 g/mol. The van der Waals surface area contributed by atoms with Crippen molar-refractivity contribution in [1.82, 2.24) is 0 Å². The minimum absolute atomic E-state index is 0.0766. The summed E-state index contributed by atoms with van der Waals surface area (Å²) in [6, 6.07) is 6.13. The largest absolute Gasteiger partial charge is 0.496 e. The first-order valence-corrected chi connectivity index (χ1v) is 6.07. The summed E-state index contributed by atoms with van der Waals surface area (Å²) >= 11 is 0. The molecule has 0 heterocycles. The predicted molar refractivity (Wildman–Crippen MR) is 70.8 cm³/mol. The van der Waals surface area contributed by atoms with Crippen LogP contribution in [0.25, 0.3) is 0 Å². The van der Waals surface area contributed by atoms with E-state index in [9.17, 15) is 4.79 Å². The van der Waals surface area contributed by atoms with Gasteiger partial charge in [-0.25, -0.2) is 0 Å². The molecule has 0 aromatic heterocycles. The summed E-state index contributed by atoms with van der Waals surface area (Å²) in [5.74, 6) is 0.726. The van der Waals surface area contributed by atoms with E-state index < -0.39 is 0 Å². The zero-order chi connectivity index (χ0) is 13.1. The highest BCUT2D eigenvalue weighted by Crippen LogP contribution is 2.32. The normalized spacial score (nSPS) is 13.2. The molecule has 1 atom stereocenters. The van der Waals surface area contributed by atoms with Gasteiger partial charge >= 0.3 is 0 Å². The van der Waals surface area contributed by atoms with Crippen LogP contribution in [0.5, 0.6) is 5.75 Å². The minimum atomic E-state index is -0.0766. The highest BCUT2D eigenvalue weighted by atomic mass is 16.5. The van der Waals surface area contributed by atoms with Crippen molar-refractivity contribution in [2.45, 2.75) is 45.4 Å². The van der Waals surface area contributed by atoms with Crippen molar-refractivity contribution in [3.05, 3.63) is 29.3 Å². The van der Waals surface area contributed by atoms with Crippen LogP contribution in [0.3, 0.4) is 0 Å². The third kappa shape index (κ3) is 3.09. The lowest BCUT2D eigenvalue weighted by molar-refractivity contribution is -0.109. The van der Waals surface area contributed by atoms with Crippen molar-refractivity contribution in [3.63, 3.8) is 0 Å². The van der Waals surface area contributed by atoms with Crippen LogP contribution in [0.4, 0.5) is 0 Å². The van der Waals surface area contributed by atoms with E-state index in [1.165, 1.54) is 5.56 Å². The molecule has 17 heavy (non-hydrogen) atoms. The van der Waals surface area contributed by atoms with Gasteiger partial charge in [-0.2, -0.15) is 0 Å². The lowest BCUT2D eigenvalue weighted by Gasteiger charge is -2.22. The van der Waals surface area contributed by atoms with Crippen molar-refractivity contribution < 1.29 is 9.53 Å². The number of rotatable bonds is 4. The summed E-state index contributed by atoms with van der Waals surface area (Å²) in [4.78, 5) is 11.1. The van der Waals surface area contributed by atoms with Crippen LogP contribution in [0.2, 0.25) is 0 Å². The van der Waals surface area contributed by atoms with Crippen LogP contribution >= 0.6 is 0 Å². The standard InChI is InChI=1S/C15H22O2/c1-6-11(10-16)13-9-12(15(2,3)4)7-8-14(13)17-5/h7-11H,6H2,1-5H3. The Kier molecular flexibility index (Phi) is 4.33. The monoisotopic (exact) mass is 234 g/mol. The molecule has 2 nitrogen and oxygen atoms in total. The molecule has 2 heteroatoms. The number of aldehydes is 1. The zero-order valence-electron chi connectivity index (χ0n) is 11.4. The van der Waals surface area contributed by atoms with Crippen molar-refractivity contribution in [1.29, 1.82) is 0 Å². The summed E-state index contributed by atoms with van der Waals surface area (Å²) in [5.41, 5.74) is 2.31. The number of ether oxygens (including phenoxy) is 1.